The zero-order chi connectivity index (χ0) is 16.7. The molecule has 0 spiro atoms. The first kappa shape index (κ1) is 16.9. The first-order valence-electron chi connectivity index (χ1n) is 7.66. The molecule has 0 fully saturated rings. The summed E-state index contributed by atoms with van der Waals surface area (Å²) >= 11 is 0. The van der Waals surface area contributed by atoms with Crippen LogP contribution in [0.4, 0.5) is 0 Å². The molecule has 122 valence electrons. The second-order valence-corrected chi connectivity index (χ2v) is 5.47. The topological polar surface area (TPSA) is 55.8 Å². The number of ether oxygens (including phenoxy) is 2. The minimum absolute atomic E-state index is 0.503. The molecule has 4 heteroatoms. The van der Waals surface area contributed by atoms with E-state index in [-0.39, 0.29) is 0 Å². The number of hydrogen-bond donors (Lipinski definition) is 1. The lowest BCUT2D eigenvalue weighted by atomic mass is 9.94. The average Bonchev–Trinajstić information content (AvgIpc) is 2.56. The summed E-state index contributed by atoms with van der Waals surface area (Å²) in [4.78, 5) is 11.5. The van der Waals surface area contributed by atoms with Crippen LogP contribution >= 0.6 is 0 Å². The van der Waals surface area contributed by atoms with Gasteiger partial charge in [-0.15, -0.1) is 0 Å². The van der Waals surface area contributed by atoms with E-state index in [4.69, 9.17) is 9.47 Å². The SMILES string of the molecule is COc1ccc(C(CCCOc2ccc(C)cc2)C(=O)O)cc1. The van der Waals surface area contributed by atoms with Gasteiger partial charge in [0.2, 0.25) is 0 Å². The van der Waals surface area contributed by atoms with E-state index >= 15 is 0 Å². The number of benzene rings is 2. The van der Waals surface area contributed by atoms with Crippen molar-refractivity contribution in [2.75, 3.05) is 13.7 Å². The molecule has 0 aliphatic rings. The van der Waals surface area contributed by atoms with Gasteiger partial charge in [0.25, 0.3) is 0 Å². The van der Waals surface area contributed by atoms with Crippen LogP contribution in [0.15, 0.2) is 48.5 Å². The van der Waals surface area contributed by atoms with Gasteiger partial charge in [-0.1, -0.05) is 29.8 Å². The monoisotopic (exact) mass is 314 g/mol. The molecule has 0 radical (unpaired) electrons. The highest BCUT2D eigenvalue weighted by atomic mass is 16.5. The Bertz CT molecular complexity index is 617. The fourth-order valence-corrected chi connectivity index (χ4v) is 2.38. The summed E-state index contributed by atoms with van der Waals surface area (Å²) in [7, 11) is 1.59. The largest absolute Gasteiger partial charge is 0.497 e. The lowest BCUT2D eigenvalue weighted by Crippen LogP contribution is -2.13. The van der Waals surface area contributed by atoms with Crippen LogP contribution in [0, 0.1) is 6.92 Å². The Kier molecular flexibility index (Phi) is 6.03. The number of aliphatic carboxylic acids is 1. The van der Waals surface area contributed by atoms with Gasteiger partial charge in [-0.3, -0.25) is 4.79 Å². The third-order valence-corrected chi connectivity index (χ3v) is 3.74. The maximum absolute atomic E-state index is 11.5. The van der Waals surface area contributed by atoms with Crippen LogP contribution in [-0.2, 0) is 4.79 Å². The molecule has 0 aromatic heterocycles. The number of carboxylic acids is 1. The predicted molar refractivity (Wildman–Crippen MR) is 89.3 cm³/mol. The smallest absolute Gasteiger partial charge is 0.310 e. The molecule has 0 saturated heterocycles. The number of aryl methyl sites for hydroxylation is 1. The van der Waals surface area contributed by atoms with Gasteiger partial charge in [0.1, 0.15) is 11.5 Å². The first-order chi connectivity index (χ1) is 11.1. The second kappa shape index (κ2) is 8.22. The molecule has 2 aromatic rings. The number of methoxy groups -OCH3 is 1. The van der Waals surface area contributed by atoms with Gasteiger partial charge in [0, 0.05) is 0 Å². The molecule has 0 amide bonds. The summed E-state index contributed by atoms with van der Waals surface area (Å²) in [6, 6.07) is 15.0. The van der Waals surface area contributed by atoms with Crippen molar-refractivity contribution in [2.24, 2.45) is 0 Å². The second-order valence-electron chi connectivity index (χ2n) is 5.47. The van der Waals surface area contributed by atoms with Gasteiger partial charge in [0.15, 0.2) is 0 Å². The molecule has 0 saturated carbocycles. The van der Waals surface area contributed by atoms with Gasteiger partial charge in [-0.2, -0.15) is 0 Å². The molecule has 0 aliphatic carbocycles. The molecule has 4 nitrogen and oxygen atoms in total. The van der Waals surface area contributed by atoms with E-state index in [0.29, 0.717) is 19.4 Å². The Morgan fingerprint density at radius 1 is 1.04 bits per heavy atom. The molecular weight excluding hydrogens is 292 g/mol. The van der Waals surface area contributed by atoms with Crippen LogP contribution in [0.1, 0.15) is 29.9 Å². The molecule has 2 rings (SSSR count). The minimum Gasteiger partial charge on any atom is -0.497 e. The minimum atomic E-state index is -0.814. The summed E-state index contributed by atoms with van der Waals surface area (Å²) < 4.78 is 10.7. The fraction of sp³-hybridized carbons (Fsp3) is 0.316. The van der Waals surface area contributed by atoms with E-state index in [1.54, 1.807) is 31.4 Å². The lowest BCUT2D eigenvalue weighted by molar-refractivity contribution is -0.139. The maximum atomic E-state index is 11.5. The normalized spacial score (nSPS) is 11.7. The van der Waals surface area contributed by atoms with Crippen LogP contribution in [0.5, 0.6) is 11.5 Å². The van der Waals surface area contributed by atoms with E-state index < -0.39 is 11.9 Å². The van der Waals surface area contributed by atoms with E-state index in [0.717, 1.165) is 17.1 Å². The summed E-state index contributed by atoms with van der Waals surface area (Å²) in [5.41, 5.74) is 1.97. The summed E-state index contributed by atoms with van der Waals surface area (Å²) in [6.45, 7) is 2.53. The molecule has 1 N–H and O–H groups in total. The predicted octanol–water partition coefficient (Wildman–Crippen LogP) is 4.03. The standard InChI is InChI=1S/C19H22O4/c1-14-5-9-17(10-6-14)23-13-3-4-18(19(20)21)15-7-11-16(22-2)12-8-15/h5-12,18H,3-4,13H2,1-2H3,(H,20,21). The molecule has 23 heavy (non-hydrogen) atoms. The van der Waals surface area contributed by atoms with Crippen LogP contribution < -0.4 is 9.47 Å². The fourth-order valence-electron chi connectivity index (χ4n) is 2.38. The first-order valence-corrected chi connectivity index (χ1v) is 7.66. The molecule has 1 atom stereocenters. The van der Waals surface area contributed by atoms with Gasteiger partial charge in [-0.25, -0.2) is 0 Å². The van der Waals surface area contributed by atoms with Gasteiger partial charge < -0.3 is 14.6 Å². The van der Waals surface area contributed by atoms with Gasteiger partial charge in [0.05, 0.1) is 19.6 Å². The number of carbonyl (C=O) groups is 1. The number of carboxylic acid groups (broad SMARTS) is 1. The van der Waals surface area contributed by atoms with E-state index in [1.807, 2.05) is 31.2 Å². The van der Waals surface area contributed by atoms with Gasteiger partial charge in [-0.05, 0) is 49.6 Å². The van der Waals surface area contributed by atoms with E-state index in [1.165, 1.54) is 5.56 Å². The Balaban J connectivity index is 1.87. The number of rotatable bonds is 8. The molecule has 0 bridgehead atoms. The molecule has 2 aromatic carbocycles. The molecule has 0 heterocycles. The zero-order valence-electron chi connectivity index (χ0n) is 13.5. The zero-order valence-corrected chi connectivity index (χ0v) is 13.5. The van der Waals surface area contributed by atoms with E-state index in [9.17, 15) is 9.90 Å². The Hall–Kier alpha value is -2.49. The maximum Gasteiger partial charge on any atom is 0.310 e. The Morgan fingerprint density at radius 2 is 1.65 bits per heavy atom. The summed E-state index contributed by atoms with van der Waals surface area (Å²) in [5, 5.41) is 9.43. The lowest BCUT2D eigenvalue weighted by Gasteiger charge is -2.14. The van der Waals surface area contributed by atoms with Crippen LogP contribution in [-0.4, -0.2) is 24.8 Å². The molecule has 1 unspecified atom stereocenters. The molecule has 0 aliphatic heterocycles. The quantitative estimate of drug-likeness (QED) is 0.747. The summed E-state index contributed by atoms with van der Waals surface area (Å²) in [5.74, 6) is 0.195. The van der Waals surface area contributed by atoms with E-state index in [2.05, 4.69) is 0 Å². The van der Waals surface area contributed by atoms with Crippen molar-refractivity contribution in [3.63, 3.8) is 0 Å². The Labute approximate surface area is 136 Å². The van der Waals surface area contributed by atoms with Crippen LogP contribution in [0.25, 0.3) is 0 Å². The highest BCUT2D eigenvalue weighted by molar-refractivity contribution is 5.76. The van der Waals surface area contributed by atoms with Crippen molar-refractivity contribution in [2.45, 2.75) is 25.7 Å². The number of hydrogen-bond acceptors (Lipinski definition) is 3. The van der Waals surface area contributed by atoms with Crippen LogP contribution in [0.3, 0.4) is 0 Å². The third kappa shape index (κ3) is 5.02. The Morgan fingerprint density at radius 3 is 2.22 bits per heavy atom. The van der Waals surface area contributed by atoms with Crippen molar-refractivity contribution >= 4 is 5.97 Å². The third-order valence-electron chi connectivity index (χ3n) is 3.74. The van der Waals surface area contributed by atoms with Crippen molar-refractivity contribution < 1.29 is 19.4 Å². The van der Waals surface area contributed by atoms with Crippen molar-refractivity contribution in [3.05, 3.63) is 59.7 Å². The molecular formula is C19H22O4. The summed E-state index contributed by atoms with van der Waals surface area (Å²) in [6.07, 6.45) is 1.21. The van der Waals surface area contributed by atoms with Crippen molar-refractivity contribution in [1.82, 2.24) is 0 Å². The van der Waals surface area contributed by atoms with Crippen molar-refractivity contribution in [3.8, 4) is 11.5 Å². The highest BCUT2D eigenvalue weighted by Crippen LogP contribution is 2.24. The van der Waals surface area contributed by atoms with Gasteiger partial charge >= 0.3 is 5.97 Å². The average molecular weight is 314 g/mol. The van der Waals surface area contributed by atoms with Crippen molar-refractivity contribution in [1.29, 1.82) is 0 Å². The van der Waals surface area contributed by atoms with Crippen LogP contribution in [0.2, 0.25) is 0 Å². The highest BCUT2D eigenvalue weighted by Gasteiger charge is 2.19.